The van der Waals surface area contributed by atoms with Crippen LogP contribution in [0.4, 0.5) is 0 Å². The van der Waals surface area contributed by atoms with Crippen LogP contribution in [0.2, 0.25) is 0 Å². The minimum Gasteiger partial charge on any atom is -0.387 e. The van der Waals surface area contributed by atoms with Gasteiger partial charge in [-0.15, -0.1) is 11.3 Å². The van der Waals surface area contributed by atoms with E-state index in [-0.39, 0.29) is 12.4 Å². The zero-order valence-electron chi connectivity index (χ0n) is 11.5. The average molecular weight is 315 g/mol. The molecule has 0 bridgehead atoms. The zero-order valence-corrected chi connectivity index (χ0v) is 12.3. The van der Waals surface area contributed by atoms with E-state index in [9.17, 15) is 9.90 Å². The van der Waals surface area contributed by atoms with Crippen molar-refractivity contribution < 1.29 is 14.4 Å². The van der Waals surface area contributed by atoms with E-state index < -0.39 is 12.0 Å². The lowest BCUT2D eigenvalue weighted by atomic mass is 10.1. The molecule has 1 aromatic carbocycles. The van der Waals surface area contributed by atoms with Crippen molar-refractivity contribution in [1.82, 2.24) is 15.5 Å². The molecule has 3 aromatic rings. The average Bonchev–Trinajstić information content (AvgIpc) is 3.23. The molecular weight excluding hydrogens is 302 g/mol. The van der Waals surface area contributed by atoms with Gasteiger partial charge in [-0.25, -0.2) is 0 Å². The Morgan fingerprint density at radius 3 is 2.82 bits per heavy atom. The standard InChI is InChI=1S/C15H13N3O3S/c19-11(10-5-2-1-3-6-10)9-16-14(20)15-17-13(18-21-15)12-7-4-8-22-12/h1-8,11,19H,9H2,(H,16,20). The molecule has 0 saturated heterocycles. The van der Waals surface area contributed by atoms with Crippen molar-refractivity contribution in [2.75, 3.05) is 6.54 Å². The fraction of sp³-hybridized carbons (Fsp3) is 0.133. The summed E-state index contributed by atoms with van der Waals surface area (Å²) in [5, 5.41) is 18.2. The number of hydrogen-bond acceptors (Lipinski definition) is 6. The maximum atomic E-state index is 11.9. The number of hydrogen-bond donors (Lipinski definition) is 2. The second-order valence-corrected chi connectivity index (χ2v) is 5.48. The molecule has 0 saturated carbocycles. The van der Waals surface area contributed by atoms with Gasteiger partial charge in [-0.1, -0.05) is 41.6 Å². The number of rotatable bonds is 5. The van der Waals surface area contributed by atoms with Crippen molar-refractivity contribution in [2.45, 2.75) is 6.10 Å². The van der Waals surface area contributed by atoms with E-state index in [4.69, 9.17) is 4.52 Å². The van der Waals surface area contributed by atoms with Crippen LogP contribution in [0.1, 0.15) is 22.4 Å². The minimum atomic E-state index is -0.787. The maximum absolute atomic E-state index is 11.9. The molecule has 0 aliphatic carbocycles. The number of aliphatic hydroxyl groups is 1. The number of carbonyl (C=O) groups is 1. The Morgan fingerprint density at radius 1 is 1.27 bits per heavy atom. The first-order valence-corrected chi connectivity index (χ1v) is 7.51. The summed E-state index contributed by atoms with van der Waals surface area (Å²) in [4.78, 5) is 16.8. The molecule has 2 N–H and O–H groups in total. The summed E-state index contributed by atoms with van der Waals surface area (Å²) in [5.74, 6) is -0.252. The fourth-order valence-electron chi connectivity index (χ4n) is 1.88. The lowest BCUT2D eigenvalue weighted by molar-refractivity contribution is 0.0873. The summed E-state index contributed by atoms with van der Waals surface area (Å²) in [5.41, 5.74) is 0.729. The Kier molecular flexibility index (Phi) is 4.27. The molecule has 112 valence electrons. The summed E-state index contributed by atoms with van der Waals surface area (Å²) in [6.07, 6.45) is -0.787. The van der Waals surface area contributed by atoms with Gasteiger partial charge in [0.1, 0.15) is 0 Å². The topological polar surface area (TPSA) is 88.2 Å². The van der Waals surface area contributed by atoms with Gasteiger partial charge in [0, 0.05) is 6.54 Å². The van der Waals surface area contributed by atoms with Crippen LogP contribution in [0, 0.1) is 0 Å². The lowest BCUT2D eigenvalue weighted by Crippen LogP contribution is -2.28. The molecule has 22 heavy (non-hydrogen) atoms. The fourth-order valence-corrected chi connectivity index (χ4v) is 2.53. The molecule has 0 spiro atoms. The molecule has 2 aromatic heterocycles. The van der Waals surface area contributed by atoms with Crippen LogP contribution in [0.3, 0.4) is 0 Å². The molecule has 0 aliphatic heterocycles. The Bertz CT molecular complexity index is 741. The normalized spacial score (nSPS) is 12.0. The van der Waals surface area contributed by atoms with Gasteiger partial charge in [-0.3, -0.25) is 4.79 Å². The summed E-state index contributed by atoms with van der Waals surface area (Å²) in [6, 6.07) is 12.8. The molecule has 6 nitrogen and oxygen atoms in total. The highest BCUT2D eigenvalue weighted by Gasteiger charge is 2.17. The second-order valence-electron chi connectivity index (χ2n) is 4.54. The highest BCUT2D eigenvalue weighted by molar-refractivity contribution is 7.13. The third kappa shape index (κ3) is 3.21. The number of nitrogens with one attached hydrogen (secondary N) is 1. The first-order valence-electron chi connectivity index (χ1n) is 6.63. The monoisotopic (exact) mass is 315 g/mol. The van der Waals surface area contributed by atoms with Crippen LogP contribution in [0.15, 0.2) is 52.4 Å². The quantitative estimate of drug-likeness (QED) is 0.754. The summed E-state index contributed by atoms with van der Waals surface area (Å²) in [7, 11) is 0. The van der Waals surface area contributed by atoms with Crippen LogP contribution in [0.5, 0.6) is 0 Å². The van der Waals surface area contributed by atoms with Gasteiger partial charge in [0.25, 0.3) is 0 Å². The number of amides is 1. The highest BCUT2D eigenvalue weighted by Crippen LogP contribution is 2.21. The van der Waals surface area contributed by atoms with Gasteiger partial charge in [-0.05, 0) is 17.0 Å². The van der Waals surface area contributed by atoms with Crippen molar-refractivity contribution in [3.63, 3.8) is 0 Å². The number of aliphatic hydroxyl groups excluding tert-OH is 1. The predicted molar refractivity (Wildman–Crippen MR) is 81.3 cm³/mol. The van der Waals surface area contributed by atoms with Crippen molar-refractivity contribution in [1.29, 1.82) is 0 Å². The van der Waals surface area contributed by atoms with Crippen molar-refractivity contribution in [3.8, 4) is 10.7 Å². The summed E-state index contributed by atoms with van der Waals surface area (Å²) in [6.45, 7) is 0.0690. The number of carbonyl (C=O) groups excluding carboxylic acids is 1. The van der Waals surface area contributed by atoms with Gasteiger partial charge in [0.15, 0.2) is 0 Å². The van der Waals surface area contributed by atoms with E-state index in [1.54, 1.807) is 12.1 Å². The number of benzene rings is 1. The van der Waals surface area contributed by atoms with Gasteiger partial charge < -0.3 is 14.9 Å². The Hall–Kier alpha value is -2.51. The third-order valence-electron chi connectivity index (χ3n) is 3.00. The molecule has 0 radical (unpaired) electrons. The van der Waals surface area contributed by atoms with E-state index in [0.29, 0.717) is 5.82 Å². The first-order chi connectivity index (χ1) is 10.7. The smallest absolute Gasteiger partial charge is 0.316 e. The van der Waals surface area contributed by atoms with Gasteiger partial charge in [0.05, 0.1) is 11.0 Å². The van der Waals surface area contributed by atoms with Crippen LogP contribution in [-0.2, 0) is 0 Å². The van der Waals surface area contributed by atoms with E-state index >= 15 is 0 Å². The second kappa shape index (κ2) is 6.50. The summed E-state index contributed by atoms with van der Waals surface area (Å²) < 4.78 is 4.94. The largest absolute Gasteiger partial charge is 0.387 e. The van der Waals surface area contributed by atoms with Crippen molar-refractivity contribution in [3.05, 3.63) is 59.3 Å². The molecule has 1 amide bonds. The highest BCUT2D eigenvalue weighted by atomic mass is 32.1. The molecule has 1 atom stereocenters. The van der Waals surface area contributed by atoms with Crippen LogP contribution in [-0.4, -0.2) is 27.7 Å². The van der Waals surface area contributed by atoms with Crippen molar-refractivity contribution in [2.24, 2.45) is 0 Å². The number of nitrogens with zero attached hydrogens (tertiary/aromatic N) is 2. The van der Waals surface area contributed by atoms with E-state index in [0.717, 1.165) is 10.4 Å². The zero-order chi connectivity index (χ0) is 15.4. The Labute approximate surface area is 130 Å². The Morgan fingerprint density at radius 2 is 2.09 bits per heavy atom. The molecule has 7 heteroatoms. The molecule has 3 rings (SSSR count). The van der Waals surface area contributed by atoms with Gasteiger partial charge >= 0.3 is 11.8 Å². The molecule has 1 unspecified atom stereocenters. The number of aromatic nitrogens is 2. The van der Waals surface area contributed by atoms with Gasteiger partial charge in [-0.2, -0.15) is 4.98 Å². The predicted octanol–water partition coefficient (Wildman–Crippen LogP) is 2.26. The maximum Gasteiger partial charge on any atom is 0.316 e. The lowest BCUT2D eigenvalue weighted by Gasteiger charge is -2.10. The van der Waals surface area contributed by atoms with E-state index in [1.807, 2.05) is 35.7 Å². The van der Waals surface area contributed by atoms with Crippen molar-refractivity contribution >= 4 is 17.2 Å². The summed E-state index contributed by atoms with van der Waals surface area (Å²) >= 11 is 1.46. The van der Waals surface area contributed by atoms with Gasteiger partial charge in [0.2, 0.25) is 5.82 Å². The van der Waals surface area contributed by atoms with E-state index in [2.05, 4.69) is 15.5 Å². The van der Waals surface area contributed by atoms with Crippen LogP contribution >= 0.6 is 11.3 Å². The van der Waals surface area contributed by atoms with E-state index in [1.165, 1.54) is 11.3 Å². The first kappa shape index (κ1) is 14.4. The molecule has 2 heterocycles. The van der Waals surface area contributed by atoms with Crippen LogP contribution < -0.4 is 5.32 Å². The SMILES string of the molecule is O=C(NCC(O)c1ccccc1)c1nc(-c2cccs2)no1. The van der Waals surface area contributed by atoms with Crippen LogP contribution in [0.25, 0.3) is 10.7 Å². The minimum absolute atomic E-state index is 0.0690. The molecular formula is C15H13N3O3S. The molecule has 0 aliphatic rings. The number of thiophene rings is 1. The molecule has 0 fully saturated rings. The Balaban J connectivity index is 1.61. The third-order valence-corrected chi connectivity index (χ3v) is 3.87.